The Morgan fingerprint density at radius 1 is 1.31 bits per heavy atom. The van der Waals surface area contributed by atoms with Gasteiger partial charge in [0.05, 0.1) is 12.1 Å². The monoisotopic (exact) mass is 214 g/mol. The maximum atomic E-state index is 11.8. The van der Waals surface area contributed by atoms with E-state index in [0.29, 0.717) is 6.54 Å². The van der Waals surface area contributed by atoms with Gasteiger partial charge in [-0.15, -0.1) is 0 Å². The number of rotatable bonds is 3. The second-order valence-corrected chi connectivity index (χ2v) is 4.07. The molecule has 0 unspecified atom stereocenters. The van der Waals surface area contributed by atoms with E-state index in [1.54, 1.807) is 6.20 Å². The normalized spacial score (nSPS) is 10.9. The Labute approximate surface area is 94.7 Å². The van der Waals surface area contributed by atoms with Gasteiger partial charge in [-0.25, -0.2) is 0 Å². The molecular weight excluding hydrogens is 200 g/mol. The molecule has 16 heavy (non-hydrogen) atoms. The fourth-order valence-corrected chi connectivity index (χ4v) is 1.62. The van der Waals surface area contributed by atoms with Crippen LogP contribution < -0.4 is 0 Å². The Morgan fingerprint density at radius 3 is 2.88 bits per heavy atom. The molecule has 1 aromatic carbocycles. The van der Waals surface area contributed by atoms with Crippen LogP contribution in [0.4, 0.5) is 0 Å². The molecule has 0 fully saturated rings. The predicted molar refractivity (Wildman–Crippen MR) is 64.6 cm³/mol. The molecule has 1 heterocycles. The number of ketones is 1. The highest BCUT2D eigenvalue weighted by Crippen LogP contribution is 2.13. The Hall–Kier alpha value is -1.74. The number of likely N-dealkylation sites (N-methyl/N-ethyl adjacent to an activating group) is 1. The van der Waals surface area contributed by atoms with Gasteiger partial charge in [0, 0.05) is 17.1 Å². The third-order valence-electron chi connectivity index (χ3n) is 2.39. The molecule has 0 atom stereocenters. The summed E-state index contributed by atoms with van der Waals surface area (Å²) in [5.41, 5.74) is 1.59. The summed E-state index contributed by atoms with van der Waals surface area (Å²) >= 11 is 0. The van der Waals surface area contributed by atoms with Gasteiger partial charge in [0.2, 0.25) is 0 Å². The van der Waals surface area contributed by atoms with Crippen molar-refractivity contribution in [1.82, 2.24) is 9.88 Å². The molecule has 0 aliphatic carbocycles. The molecule has 0 radical (unpaired) electrons. The molecule has 0 aliphatic heterocycles. The van der Waals surface area contributed by atoms with Crippen molar-refractivity contribution >= 4 is 16.7 Å². The molecule has 0 amide bonds. The lowest BCUT2D eigenvalue weighted by atomic mass is 10.1. The third kappa shape index (κ3) is 2.25. The minimum atomic E-state index is 0.123. The molecule has 0 N–H and O–H groups in total. The highest BCUT2D eigenvalue weighted by Gasteiger charge is 2.07. The van der Waals surface area contributed by atoms with E-state index in [0.717, 1.165) is 16.5 Å². The summed E-state index contributed by atoms with van der Waals surface area (Å²) in [5.74, 6) is 0.123. The van der Waals surface area contributed by atoms with Gasteiger partial charge in [0.15, 0.2) is 5.78 Å². The molecule has 0 spiro atoms. The van der Waals surface area contributed by atoms with Crippen LogP contribution in [0.3, 0.4) is 0 Å². The van der Waals surface area contributed by atoms with Crippen LogP contribution in [-0.2, 0) is 0 Å². The molecule has 3 heteroatoms. The highest BCUT2D eigenvalue weighted by atomic mass is 16.1. The van der Waals surface area contributed by atoms with Crippen molar-refractivity contribution in [3.8, 4) is 0 Å². The molecule has 0 saturated heterocycles. The van der Waals surface area contributed by atoms with E-state index in [1.165, 1.54) is 0 Å². The summed E-state index contributed by atoms with van der Waals surface area (Å²) < 4.78 is 0. The number of benzene rings is 1. The van der Waals surface area contributed by atoms with E-state index >= 15 is 0 Å². The van der Waals surface area contributed by atoms with Gasteiger partial charge in [-0.05, 0) is 26.2 Å². The van der Waals surface area contributed by atoms with Gasteiger partial charge in [-0.3, -0.25) is 9.78 Å². The van der Waals surface area contributed by atoms with Crippen LogP contribution in [0.1, 0.15) is 10.4 Å². The molecular formula is C13H14N2O. The summed E-state index contributed by atoms with van der Waals surface area (Å²) in [5, 5.41) is 1.06. The van der Waals surface area contributed by atoms with Crippen LogP contribution in [0, 0.1) is 0 Å². The molecule has 0 saturated carbocycles. The molecule has 82 valence electrons. The van der Waals surface area contributed by atoms with Crippen molar-refractivity contribution < 1.29 is 4.79 Å². The van der Waals surface area contributed by atoms with Crippen LogP contribution in [0.15, 0.2) is 36.5 Å². The van der Waals surface area contributed by atoms with Crippen LogP contribution in [-0.4, -0.2) is 36.3 Å². The van der Waals surface area contributed by atoms with E-state index in [2.05, 4.69) is 4.98 Å². The number of hydrogen-bond donors (Lipinski definition) is 0. The van der Waals surface area contributed by atoms with E-state index in [9.17, 15) is 4.79 Å². The van der Waals surface area contributed by atoms with Crippen molar-refractivity contribution in [2.45, 2.75) is 0 Å². The Morgan fingerprint density at radius 2 is 2.12 bits per heavy atom. The Balaban J connectivity index is 2.35. The second-order valence-electron chi connectivity index (χ2n) is 4.07. The number of pyridine rings is 1. The zero-order valence-corrected chi connectivity index (χ0v) is 9.47. The Kier molecular flexibility index (Phi) is 2.97. The molecule has 1 aromatic heterocycles. The average Bonchev–Trinajstić information content (AvgIpc) is 2.27. The van der Waals surface area contributed by atoms with Crippen molar-refractivity contribution in [3.63, 3.8) is 0 Å². The first-order chi connectivity index (χ1) is 7.66. The summed E-state index contributed by atoms with van der Waals surface area (Å²) in [6, 6.07) is 9.52. The molecule has 0 bridgehead atoms. The van der Waals surface area contributed by atoms with Crippen molar-refractivity contribution in [3.05, 3.63) is 42.1 Å². The quantitative estimate of drug-likeness (QED) is 0.732. The zero-order chi connectivity index (χ0) is 11.5. The third-order valence-corrected chi connectivity index (χ3v) is 2.39. The van der Waals surface area contributed by atoms with Crippen LogP contribution in [0.2, 0.25) is 0 Å². The number of aromatic nitrogens is 1. The number of nitrogens with zero attached hydrogens (tertiary/aromatic N) is 2. The fourth-order valence-electron chi connectivity index (χ4n) is 1.62. The standard InChI is InChI=1S/C13H14N2O/c1-15(2)9-13(16)11-6-5-10-4-3-7-14-12(10)8-11/h3-8H,9H2,1-2H3. The summed E-state index contributed by atoms with van der Waals surface area (Å²) in [7, 11) is 3.77. The number of hydrogen-bond acceptors (Lipinski definition) is 3. The lowest BCUT2D eigenvalue weighted by Crippen LogP contribution is -2.21. The second kappa shape index (κ2) is 4.41. The first-order valence-electron chi connectivity index (χ1n) is 5.19. The lowest BCUT2D eigenvalue weighted by Gasteiger charge is -2.08. The van der Waals surface area contributed by atoms with Gasteiger partial charge >= 0.3 is 0 Å². The van der Waals surface area contributed by atoms with Crippen LogP contribution in [0.25, 0.3) is 10.9 Å². The maximum Gasteiger partial charge on any atom is 0.176 e. The lowest BCUT2D eigenvalue weighted by molar-refractivity contribution is 0.0958. The fraction of sp³-hybridized carbons (Fsp3) is 0.231. The van der Waals surface area contributed by atoms with Gasteiger partial charge in [0.25, 0.3) is 0 Å². The summed E-state index contributed by atoms with van der Waals surface area (Å²) in [6.45, 7) is 0.429. The van der Waals surface area contributed by atoms with E-state index < -0.39 is 0 Å². The number of carbonyl (C=O) groups is 1. The molecule has 2 rings (SSSR count). The molecule has 2 aromatic rings. The number of fused-ring (bicyclic) bond motifs is 1. The van der Waals surface area contributed by atoms with Gasteiger partial charge in [-0.1, -0.05) is 18.2 Å². The average molecular weight is 214 g/mol. The number of carbonyl (C=O) groups excluding carboxylic acids is 1. The van der Waals surface area contributed by atoms with Crippen LogP contribution >= 0.6 is 0 Å². The SMILES string of the molecule is CN(C)CC(=O)c1ccc2cccnc2c1. The highest BCUT2D eigenvalue weighted by molar-refractivity contribution is 6.00. The van der Waals surface area contributed by atoms with Crippen molar-refractivity contribution in [2.24, 2.45) is 0 Å². The Bertz CT molecular complexity index is 520. The molecule has 3 nitrogen and oxygen atoms in total. The predicted octanol–water partition coefficient (Wildman–Crippen LogP) is 1.98. The summed E-state index contributed by atoms with van der Waals surface area (Å²) in [4.78, 5) is 17.9. The topological polar surface area (TPSA) is 33.2 Å². The minimum Gasteiger partial charge on any atom is -0.302 e. The van der Waals surface area contributed by atoms with Gasteiger partial charge in [-0.2, -0.15) is 0 Å². The first kappa shape index (κ1) is 10.8. The molecule has 0 aliphatic rings. The number of Topliss-reactive ketones (excluding diaryl/α,β-unsaturated/α-hetero) is 1. The van der Waals surface area contributed by atoms with Gasteiger partial charge in [0.1, 0.15) is 0 Å². The summed E-state index contributed by atoms with van der Waals surface area (Å²) in [6.07, 6.45) is 1.74. The maximum absolute atomic E-state index is 11.8. The zero-order valence-electron chi connectivity index (χ0n) is 9.47. The minimum absolute atomic E-state index is 0.123. The van der Waals surface area contributed by atoms with Crippen molar-refractivity contribution in [1.29, 1.82) is 0 Å². The smallest absolute Gasteiger partial charge is 0.176 e. The van der Waals surface area contributed by atoms with Gasteiger partial charge < -0.3 is 4.90 Å². The largest absolute Gasteiger partial charge is 0.302 e. The van der Waals surface area contributed by atoms with E-state index in [1.807, 2.05) is 49.3 Å². The van der Waals surface area contributed by atoms with E-state index in [4.69, 9.17) is 0 Å². The van der Waals surface area contributed by atoms with Crippen molar-refractivity contribution in [2.75, 3.05) is 20.6 Å². The van der Waals surface area contributed by atoms with E-state index in [-0.39, 0.29) is 5.78 Å². The first-order valence-corrected chi connectivity index (χ1v) is 5.19. The van der Waals surface area contributed by atoms with Crippen LogP contribution in [0.5, 0.6) is 0 Å².